The van der Waals surface area contributed by atoms with Crippen molar-refractivity contribution >= 4 is 16.1 Å². The van der Waals surface area contributed by atoms with Crippen LogP contribution in [0.3, 0.4) is 0 Å². The fraction of sp³-hybridized carbons (Fsp3) is 0.480. The van der Waals surface area contributed by atoms with Crippen LogP contribution in [0.5, 0.6) is 0 Å². The van der Waals surface area contributed by atoms with Crippen molar-refractivity contribution in [3.05, 3.63) is 59.7 Å². The molecule has 2 atom stereocenters. The second-order valence-corrected chi connectivity index (χ2v) is 12.0. The van der Waals surface area contributed by atoms with Crippen LogP contribution in [0, 0.1) is 17.0 Å². The smallest absolute Gasteiger partial charge is 0.410 e. The summed E-state index contributed by atoms with van der Waals surface area (Å²) in [5, 5.41) is 0. The van der Waals surface area contributed by atoms with Crippen LogP contribution in [0.4, 0.5) is 18.0 Å². The Hall–Kier alpha value is -2.59. The Balaban J connectivity index is 1.75. The Morgan fingerprint density at radius 3 is 2.40 bits per heavy atom. The van der Waals surface area contributed by atoms with Gasteiger partial charge in [-0.05, 0) is 63.3 Å². The molecule has 2 aliphatic rings. The quantitative estimate of drug-likeness (QED) is 0.607. The van der Waals surface area contributed by atoms with Gasteiger partial charge in [0.1, 0.15) is 17.2 Å². The van der Waals surface area contributed by atoms with Gasteiger partial charge < -0.3 is 9.64 Å². The first kappa shape index (κ1) is 25.5. The Morgan fingerprint density at radius 1 is 1.17 bits per heavy atom. The molecule has 4 rings (SSSR count). The van der Waals surface area contributed by atoms with E-state index in [0.29, 0.717) is 18.4 Å². The third kappa shape index (κ3) is 5.48. The van der Waals surface area contributed by atoms with Crippen molar-refractivity contribution in [2.45, 2.75) is 57.7 Å². The highest BCUT2D eigenvalue weighted by Gasteiger charge is 2.62. The molecule has 1 saturated carbocycles. The number of rotatable bonds is 6. The summed E-state index contributed by atoms with van der Waals surface area (Å²) in [4.78, 5) is 14.5. The lowest BCUT2D eigenvalue weighted by molar-refractivity contribution is 0.0213. The Bertz CT molecular complexity index is 1210. The SMILES string of the molecule is CC(C)(C)OC(=O)N1CC2(CC2)[C@H](NS(=O)(=O)CF)[C@@H]1Cc1cc(F)cc(-c2ccccc2)c1F. The molecular weight excluding hydrogens is 481 g/mol. The van der Waals surface area contributed by atoms with Gasteiger partial charge in [-0.2, -0.15) is 0 Å². The van der Waals surface area contributed by atoms with Gasteiger partial charge in [-0.15, -0.1) is 0 Å². The minimum atomic E-state index is -4.28. The van der Waals surface area contributed by atoms with Gasteiger partial charge in [0.05, 0.1) is 12.1 Å². The van der Waals surface area contributed by atoms with Gasteiger partial charge >= 0.3 is 6.09 Å². The maximum Gasteiger partial charge on any atom is 0.410 e. The summed E-state index contributed by atoms with van der Waals surface area (Å²) < 4.78 is 75.7. The largest absolute Gasteiger partial charge is 0.444 e. The van der Waals surface area contributed by atoms with E-state index in [1.54, 1.807) is 51.1 Å². The second-order valence-electron chi connectivity index (χ2n) is 10.4. The first-order valence-electron chi connectivity index (χ1n) is 11.4. The highest BCUT2D eigenvalue weighted by Crippen LogP contribution is 2.56. The third-order valence-electron chi connectivity index (χ3n) is 6.53. The van der Waals surface area contributed by atoms with E-state index in [4.69, 9.17) is 4.74 Å². The van der Waals surface area contributed by atoms with Crippen LogP contribution in [-0.4, -0.2) is 49.6 Å². The molecule has 2 aromatic carbocycles. The lowest BCUT2D eigenvalue weighted by Gasteiger charge is -2.31. The summed E-state index contributed by atoms with van der Waals surface area (Å²) in [5.41, 5.74) is -0.890. The molecule has 1 aliphatic carbocycles. The summed E-state index contributed by atoms with van der Waals surface area (Å²) in [6, 6.07) is 7.25. The van der Waals surface area contributed by atoms with E-state index in [-0.39, 0.29) is 24.1 Å². The zero-order chi connectivity index (χ0) is 25.6. The highest BCUT2D eigenvalue weighted by atomic mass is 32.2. The van der Waals surface area contributed by atoms with Gasteiger partial charge in [0.25, 0.3) is 0 Å². The van der Waals surface area contributed by atoms with Crippen LogP contribution < -0.4 is 4.72 Å². The van der Waals surface area contributed by atoms with Crippen molar-refractivity contribution < 1.29 is 31.1 Å². The number of hydrogen-bond acceptors (Lipinski definition) is 4. The second kappa shape index (κ2) is 9.13. The van der Waals surface area contributed by atoms with Crippen LogP contribution in [0.15, 0.2) is 42.5 Å². The number of carbonyl (C=O) groups is 1. The summed E-state index contributed by atoms with van der Waals surface area (Å²) in [6.45, 7) is 5.27. The van der Waals surface area contributed by atoms with Gasteiger partial charge in [0.15, 0.2) is 0 Å². The molecule has 0 unspecified atom stereocenters. The molecule has 2 aromatic rings. The van der Waals surface area contributed by atoms with Gasteiger partial charge in [-0.1, -0.05) is 30.3 Å². The highest BCUT2D eigenvalue weighted by molar-refractivity contribution is 7.89. The number of halogens is 3. The summed E-state index contributed by atoms with van der Waals surface area (Å²) in [6.07, 6.45) is 0.367. The lowest BCUT2D eigenvalue weighted by Crippen LogP contribution is -2.50. The van der Waals surface area contributed by atoms with Gasteiger partial charge in [-0.3, -0.25) is 0 Å². The summed E-state index contributed by atoms with van der Waals surface area (Å²) in [5.74, 6) is -1.32. The van der Waals surface area contributed by atoms with Crippen molar-refractivity contribution in [2.24, 2.45) is 5.41 Å². The van der Waals surface area contributed by atoms with Crippen molar-refractivity contribution in [2.75, 3.05) is 12.6 Å². The molecule has 0 bridgehead atoms. The molecule has 1 saturated heterocycles. The van der Waals surface area contributed by atoms with Crippen LogP contribution in [-0.2, 0) is 21.2 Å². The Kier molecular flexibility index (Phi) is 6.65. The number of ether oxygens (including phenoxy) is 1. The number of hydrogen-bond donors (Lipinski definition) is 1. The average molecular weight is 511 g/mol. The van der Waals surface area contributed by atoms with E-state index in [2.05, 4.69) is 4.72 Å². The van der Waals surface area contributed by atoms with Crippen molar-refractivity contribution in [1.82, 2.24) is 9.62 Å². The van der Waals surface area contributed by atoms with E-state index in [1.165, 1.54) is 4.90 Å². The topological polar surface area (TPSA) is 75.7 Å². The molecule has 1 N–H and O–H groups in total. The van der Waals surface area contributed by atoms with Crippen LogP contribution >= 0.6 is 0 Å². The number of benzene rings is 2. The fourth-order valence-corrected chi connectivity index (χ4v) is 5.65. The predicted molar refractivity (Wildman–Crippen MR) is 126 cm³/mol. The number of likely N-dealkylation sites (tertiary alicyclic amines) is 1. The maximum atomic E-state index is 15.6. The van der Waals surface area contributed by atoms with E-state index < -0.39 is 56.9 Å². The third-order valence-corrected chi connectivity index (χ3v) is 7.43. The summed E-state index contributed by atoms with van der Waals surface area (Å²) >= 11 is 0. The first-order chi connectivity index (χ1) is 16.3. The van der Waals surface area contributed by atoms with E-state index in [0.717, 1.165) is 12.1 Å². The summed E-state index contributed by atoms with van der Waals surface area (Å²) in [7, 11) is -4.28. The van der Waals surface area contributed by atoms with Gasteiger partial charge in [0, 0.05) is 17.5 Å². The molecule has 1 aliphatic heterocycles. The van der Waals surface area contributed by atoms with E-state index in [1.807, 2.05) is 0 Å². The van der Waals surface area contributed by atoms with Crippen molar-refractivity contribution in [3.63, 3.8) is 0 Å². The molecule has 2 fully saturated rings. The van der Waals surface area contributed by atoms with Gasteiger partial charge in [0.2, 0.25) is 16.0 Å². The fourth-order valence-electron chi connectivity index (χ4n) is 4.80. The minimum Gasteiger partial charge on any atom is -0.444 e. The first-order valence-corrected chi connectivity index (χ1v) is 13.1. The number of alkyl halides is 1. The molecule has 35 heavy (non-hydrogen) atoms. The molecule has 1 spiro atoms. The predicted octanol–water partition coefficient (Wildman–Crippen LogP) is 4.79. The maximum absolute atomic E-state index is 15.6. The number of nitrogens with one attached hydrogen (secondary N) is 1. The average Bonchev–Trinajstić information content (AvgIpc) is 3.50. The van der Waals surface area contributed by atoms with E-state index >= 15 is 4.39 Å². The molecule has 1 heterocycles. The van der Waals surface area contributed by atoms with Gasteiger partial charge in [-0.25, -0.2) is 31.1 Å². The molecule has 0 radical (unpaired) electrons. The van der Waals surface area contributed by atoms with Crippen LogP contribution in [0.25, 0.3) is 11.1 Å². The van der Waals surface area contributed by atoms with Crippen LogP contribution in [0.1, 0.15) is 39.2 Å². The number of nitrogens with zero attached hydrogens (tertiary/aromatic N) is 1. The molecule has 190 valence electrons. The zero-order valence-corrected chi connectivity index (χ0v) is 20.7. The molecule has 10 heteroatoms. The van der Waals surface area contributed by atoms with Crippen molar-refractivity contribution in [3.8, 4) is 11.1 Å². The monoisotopic (exact) mass is 510 g/mol. The zero-order valence-electron chi connectivity index (χ0n) is 19.9. The van der Waals surface area contributed by atoms with Crippen LogP contribution in [0.2, 0.25) is 0 Å². The minimum absolute atomic E-state index is 0.00967. The van der Waals surface area contributed by atoms with Crippen molar-refractivity contribution in [1.29, 1.82) is 0 Å². The Morgan fingerprint density at radius 2 is 1.83 bits per heavy atom. The molecule has 0 aromatic heterocycles. The Labute approximate surface area is 203 Å². The van der Waals surface area contributed by atoms with E-state index in [9.17, 15) is 22.0 Å². The number of amides is 1. The standard InChI is InChI=1S/C25H29F3N2O4S/c1-24(2,3)34-23(31)30-14-25(9-10-25)22(29-35(32,33)15-26)20(30)12-17-11-18(27)13-19(21(17)28)16-7-5-4-6-8-16/h4-8,11,13,20,22,29H,9-10,12,14-15H2,1-3H3/t20-,22+/m0/s1. The lowest BCUT2D eigenvalue weighted by atomic mass is 9.91. The number of sulfonamides is 1. The molecule has 6 nitrogen and oxygen atoms in total. The molecule has 1 amide bonds. The number of carbonyl (C=O) groups excluding carboxylic acids is 1. The normalized spacial score (nSPS) is 21.4. The molecular formula is C25H29F3N2O4S.